The fourth-order valence-electron chi connectivity index (χ4n) is 2.83. The molecule has 0 aliphatic carbocycles. The summed E-state index contributed by atoms with van der Waals surface area (Å²) in [4.78, 5) is 14.6. The summed E-state index contributed by atoms with van der Waals surface area (Å²) in [7, 11) is 1.63. The number of alkyl halides is 1. The Morgan fingerprint density at radius 1 is 1.50 bits per heavy atom. The van der Waals surface area contributed by atoms with Gasteiger partial charge in [0, 0.05) is 24.0 Å². The maximum Gasteiger partial charge on any atom is 0.254 e. The molecule has 2 rings (SSSR count). The second-order valence-electron chi connectivity index (χ2n) is 5.31. The van der Waals surface area contributed by atoms with Crippen LogP contribution in [0.25, 0.3) is 0 Å². The van der Waals surface area contributed by atoms with Gasteiger partial charge in [-0.3, -0.25) is 4.79 Å². The van der Waals surface area contributed by atoms with E-state index in [4.69, 9.17) is 16.3 Å². The first-order chi connectivity index (χ1) is 9.67. The van der Waals surface area contributed by atoms with Gasteiger partial charge in [0.15, 0.2) is 0 Å². The Morgan fingerprint density at radius 3 is 3.00 bits per heavy atom. The highest BCUT2D eigenvalue weighted by atomic mass is 35.5. The van der Waals surface area contributed by atoms with E-state index in [1.807, 2.05) is 30.0 Å². The van der Waals surface area contributed by atoms with Gasteiger partial charge in [0.25, 0.3) is 5.91 Å². The molecule has 1 fully saturated rings. The summed E-state index contributed by atoms with van der Waals surface area (Å²) in [6.45, 7) is 2.83. The van der Waals surface area contributed by atoms with Crippen LogP contribution in [-0.4, -0.2) is 36.4 Å². The van der Waals surface area contributed by atoms with Crippen molar-refractivity contribution in [3.05, 3.63) is 29.3 Å². The molecule has 0 N–H and O–H groups in total. The van der Waals surface area contributed by atoms with E-state index < -0.39 is 0 Å². The predicted octanol–water partition coefficient (Wildman–Crippen LogP) is 3.63. The molecule has 0 radical (unpaired) electrons. The number of carbonyl (C=O) groups excluding carboxylic acids is 1. The van der Waals surface area contributed by atoms with Gasteiger partial charge < -0.3 is 9.64 Å². The molecule has 3 nitrogen and oxygen atoms in total. The summed E-state index contributed by atoms with van der Waals surface area (Å²) in [5, 5.41) is 0. The van der Waals surface area contributed by atoms with Crippen LogP contribution < -0.4 is 4.74 Å². The minimum atomic E-state index is 0.111. The van der Waals surface area contributed by atoms with Gasteiger partial charge in [-0.2, -0.15) is 0 Å². The van der Waals surface area contributed by atoms with Crippen LogP contribution in [0.2, 0.25) is 0 Å². The minimum Gasteiger partial charge on any atom is -0.496 e. The SMILES string of the molecule is COc1cc(C(=O)N2CCCC2CCCCl)ccc1C. The van der Waals surface area contributed by atoms with Crippen LogP contribution >= 0.6 is 11.6 Å². The molecular weight excluding hydrogens is 274 g/mol. The second-order valence-corrected chi connectivity index (χ2v) is 5.69. The number of methoxy groups -OCH3 is 1. The lowest BCUT2D eigenvalue weighted by molar-refractivity contribution is 0.0730. The van der Waals surface area contributed by atoms with E-state index >= 15 is 0 Å². The van der Waals surface area contributed by atoms with Crippen molar-refractivity contribution >= 4 is 17.5 Å². The van der Waals surface area contributed by atoms with Gasteiger partial charge in [-0.1, -0.05) is 6.07 Å². The van der Waals surface area contributed by atoms with E-state index in [0.717, 1.165) is 43.5 Å². The highest BCUT2D eigenvalue weighted by Gasteiger charge is 2.29. The quantitative estimate of drug-likeness (QED) is 0.776. The summed E-state index contributed by atoms with van der Waals surface area (Å²) < 4.78 is 5.30. The third kappa shape index (κ3) is 3.26. The third-order valence-electron chi connectivity index (χ3n) is 3.96. The topological polar surface area (TPSA) is 29.5 Å². The van der Waals surface area contributed by atoms with E-state index in [1.54, 1.807) is 7.11 Å². The number of aryl methyl sites for hydroxylation is 1. The van der Waals surface area contributed by atoms with Crippen molar-refractivity contribution in [1.82, 2.24) is 4.90 Å². The van der Waals surface area contributed by atoms with Crippen molar-refractivity contribution in [2.24, 2.45) is 0 Å². The Labute approximate surface area is 125 Å². The Morgan fingerprint density at radius 2 is 2.30 bits per heavy atom. The summed E-state index contributed by atoms with van der Waals surface area (Å²) in [5.74, 6) is 1.55. The van der Waals surface area contributed by atoms with Crippen LogP contribution in [-0.2, 0) is 0 Å². The van der Waals surface area contributed by atoms with Gasteiger partial charge in [0.05, 0.1) is 7.11 Å². The first-order valence-electron chi connectivity index (χ1n) is 7.19. The summed E-state index contributed by atoms with van der Waals surface area (Å²) >= 11 is 5.76. The molecule has 20 heavy (non-hydrogen) atoms. The Kier molecular flexibility index (Phi) is 5.30. The lowest BCUT2D eigenvalue weighted by Gasteiger charge is -2.25. The van der Waals surface area contributed by atoms with Crippen LogP contribution in [0.15, 0.2) is 18.2 Å². The second kappa shape index (κ2) is 6.98. The van der Waals surface area contributed by atoms with Crippen LogP contribution in [0.1, 0.15) is 41.6 Å². The van der Waals surface area contributed by atoms with Crippen molar-refractivity contribution in [1.29, 1.82) is 0 Å². The van der Waals surface area contributed by atoms with Crippen molar-refractivity contribution in [2.45, 2.75) is 38.6 Å². The average Bonchev–Trinajstić information content (AvgIpc) is 2.93. The van der Waals surface area contributed by atoms with Crippen LogP contribution in [0.5, 0.6) is 5.75 Å². The maximum absolute atomic E-state index is 12.6. The van der Waals surface area contributed by atoms with Gasteiger partial charge in [-0.25, -0.2) is 0 Å². The normalized spacial score (nSPS) is 18.4. The Hall–Kier alpha value is -1.22. The monoisotopic (exact) mass is 295 g/mol. The molecule has 0 aromatic heterocycles. The number of halogens is 1. The Bertz CT molecular complexity index is 476. The van der Waals surface area contributed by atoms with Crippen LogP contribution in [0, 0.1) is 6.92 Å². The van der Waals surface area contributed by atoms with Gasteiger partial charge in [0.2, 0.25) is 0 Å². The fourth-order valence-corrected chi connectivity index (χ4v) is 2.99. The average molecular weight is 296 g/mol. The zero-order valence-corrected chi connectivity index (χ0v) is 12.9. The zero-order valence-electron chi connectivity index (χ0n) is 12.2. The number of carbonyl (C=O) groups is 1. The van der Waals surface area contributed by atoms with Gasteiger partial charge in [-0.15, -0.1) is 11.6 Å². The highest BCUT2D eigenvalue weighted by Crippen LogP contribution is 2.26. The molecule has 1 aromatic rings. The molecule has 1 aliphatic rings. The fraction of sp³-hybridized carbons (Fsp3) is 0.562. The minimum absolute atomic E-state index is 0.111. The molecule has 0 spiro atoms. The molecule has 1 aromatic carbocycles. The number of likely N-dealkylation sites (tertiary alicyclic amines) is 1. The zero-order chi connectivity index (χ0) is 14.5. The van der Waals surface area contributed by atoms with Crippen molar-refractivity contribution in [3.63, 3.8) is 0 Å². The number of amides is 1. The maximum atomic E-state index is 12.6. The molecule has 1 heterocycles. The molecule has 1 amide bonds. The number of hydrogen-bond acceptors (Lipinski definition) is 2. The molecule has 1 saturated heterocycles. The van der Waals surface area contributed by atoms with Crippen LogP contribution in [0.4, 0.5) is 0 Å². The Balaban J connectivity index is 2.13. The molecule has 110 valence electrons. The number of hydrogen-bond donors (Lipinski definition) is 0. The van der Waals surface area contributed by atoms with Crippen LogP contribution in [0.3, 0.4) is 0 Å². The molecule has 0 bridgehead atoms. The van der Waals surface area contributed by atoms with E-state index in [1.165, 1.54) is 0 Å². The summed E-state index contributed by atoms with van der Waals surface area (Å²) in [5.41, 5.74) is 1.76. The third-order valence-corrected chi connectivity index (χ3v) is 4.23. The first-order valence-corrected chi connectivity index (χ1v) is 7.72. The lowest BCUT2D eigenvalue weighted by Crippen LogP contribution is -2.35. The number of ether oxygens (including phenoxy) is 1. The van der Waals surface area contributed by atoms with E-state index in [2.05, 4.69) is 0 Å². The van der Waals surface area contributed by atoms with Crippen molar-refractivity contribution < 1.29 is 9.53 Å². The van der Waals surface area contributed by atoms with Gasteiger partial charge in [-0.05, 0) is 50.3 Å². The summed E-state index contributed by atoms with van der Waals surface area (Å²) in [6, 6.07) is 6.01. The largest absolute Gasteiger partial charge is 0.496 e. The number of rotatable bonds is 5. The smallest absolute Gasteiger partial charge is 0.254 e. The highest BCUT2D eigenvalue weighted by molar-refractivity contribution is 6.17. The van der Waals surface area contributed by atoms with E-state index in [0.29, 0.717) is 17.5 Å². The molecular formula is C16H22ClNO2. The number of nitrogens with zero attached hydrogens (tertiary/aromatic N) is 1. The molecule has 1 unspecified atom stereocenters. The first kappa shape index (κ1) is 15.2. The number of benzene rings is 1. The van der Waals surface area contributed by atoms with Crippen molar-refractivity contribution in [3.8, 4) is 5.75 Å². The predicted molar refractivity (Wildman–Crippen MR) is 81.7 cm³/mol. The van der Waals surface area contributed by atoms with Gasteiger partial charge in [0.1, 0.15) is 5.75 Å². The lowest BCUT2D eigenvalue weighted by atomic mass is 10.1. The van der Waals surface area contributed by atoms with E-state index in [9.17, 15) is 4.79 Å². The molecule has 1 atom stereocenters. The standard InChI is InChI=1S/C16H22ClNO2/c1-12-7-8-13(11-15(12)20-2)16(19)18-10-4-6-14(18)5-3-9-17/h7-8,11,14H,3-6,9-10H2,1-2H3. The molecule has 1 aliphatic heterocycles. The van der Waals surface area contributed by atoms with Gasteiger partial charge >= 0.3 is 0 Å². The molecule has 0 saturated carbocycles. The summed E-state index contributed by atoms with van der Waals surface area (Å²) in [6.07, 6.45) is 4.14. The van der Waals surface area contributed by atoms with E-state index in [-0.39, 0.29) is 5.91 Å². The van der Waals surface area contributed by atoms with Crippen molar-refractivity contribution in [2.75, 3.05) is 19.5 Å². The molecule has 4 heteroatoms.